The van der Waals surface area contributed by atoms with Crippen LogP contribution < -0.4 is 4.57 Å². The van der Waals surface area contributed by atoms with Crippen molar-refractivity contribution in [2.45, 2.75) is 26.8 Å². The van der Waals surface area contributed by atoms with Gasteiger partial charge in [0.25, 0.3) is 10.1 Å². The van der Waals surface area contributed by atoms with Crippen LogP contribution in [0.3, 0.4) is 0 Å². The predicted molar refractivity (Wildman–Crippen MR) is 72.5 cm³/mol. The Hall–Kier alpha value is -0.980. The van der Waals surface area contributed by atoms with Crippen molar-refractivity contribution in [3.05, 3.63) is 28.8 Å². The number of thiazole rings is 1. The smallest absolute Gasteiger partial charge is 0.265 e. The van der Waals surface area contributed by atoms with Crippen LogP contribution in [0.2, 0.25) is 0 Å². The van der Waals surface area contributed by atoms with Crippen LogP contribution in [0.5, 0.6) is 0 Å². The van der Waals surface area contributed by atoms with Crippen LogP contribution in [0.4, 0.5) is 0 Å². The van der Waals surface area contributed by atoms with E-state index in [1.807, 2.05) is 10.1 Å². The lowest BCUT2D eigenvalue weighted by Crippen LogP contribution is -2.32. The fourth-order valence-electron chi connectivity index (χ4n) is 1.86. The largest absolute Gasteiger partial charge is 0.286 e. The molecular weight excluding hydrogens is 270 g/mol. The molecule has 0 saturated carbocycles. The maximum Gasteiger partial charge on any atom is 0.265 e. The minimum atomic E-state index is -3.86. The van der Waals surface area contributed by atoms with E-state index in [0.717, 1.165) is 5.52 Å². The summed E-state index contributed by atoms with van der Waals surface area (Å²) in [6, 6.07) is 4.27. The fraction of sp³-hybridized carbons (Fsp3) is 0.417. The topological polar surface area (TPSA) is 58.2 Å². The van der Waals surface area contributed by atoms with Gasteiger partial charge in [0.1, 0.15) is 4.70 Å². The van der Waals surface area contributed by atoms with Gasteiger partial charge in [0, 0.05) is 12.5 Å². The van der Waals surface area contributed by atoms with E-state index in [-0.39, 0.29) is 5.75 Å². The Labute approximate surface area is 111 Å². The van der Waals surface area contributed by atoms with Crippen molar-refractivity contribution in [3.63, 3.8) is 0 Å². The number of hydrogen-bond acceptors (Lipinski definition) is 3. The van der Waals surface area contributed by atoms with Gasteiger partial charge in [-0.25, -0.2) is 0 Å². The molecule has 2 aromatic rings. The zero-order valence-electron chi connectivity index (χ0n) is 10.4. The molecule has 0 spiro atoms. The van der Waals surface area contributed by atoms with E-state index >= 15 is 0 Å². The average Bonchev–Trinajstić information content (AvgIpc) is 2.60. The molecule has 1 aromatic heterocycles. The van der Waals surface area contributed by atoms with Crippen molar-refractivity contribution in [2.75, 3.05) is 5.75 Å². The summed E-state index contributed by atoms with van der Waals surface area (Å²) in [6.45, 7) is 4.74. The summed E-state index contributed by atoms with van der Waals surface area (Å²) in [7, 11) is -3.86. The molecule has 0 bridgehead atoms. The van der Waals surface area contributed by atoms with Crippen molar-refractivity contribution >= 4 is 31.7 Å². The molecule has 98 valence electrons. The third-order valence-corrected chi connectivity index (χ3v) is 4.74. The standard InChI is InChI=1S/C12H15NO3S2/c1-9-6-11-12(7-10(9)2)17-8-13(11)4-3-5-18(14,15)16/h6-8H,3-5H2,1-2H3/p+1. The van der Waals surface area contributed by atoms with Crippen molar-refractivity contribution in [2.24, 2.45) is 0 Å². The van der Waals surface area contributed by atoms with Crippen LogP contribution in [0.25, 0.3) is 10.2 Å². The first-order chi connectivity index (χ1) is 8.37. The first-order valence-corrected chi connectivity index (χ1v) is 8.19. The summed E-state index contributed by atoms with van der Waals surface area (Å²) in [5, 5.41) is 0. The highest BCUT2D eigenvalue weighted by molar-refractivity contribution is 7.85. The van der Waals surface area contributed by atoms with E-state index in [4.69, 9.17) is 4.55 Å². The van der Waals surface area contributed by atoms with Crippen molar-refractivity contribution < 1.29 is 17.5 Å². The SMILES string of the molecule is Cc1cc2sc[n+](CCCS(=O)(=O)O)c2cc1C. The third-order valence-electron chi connectivity index (χ3n) is 2.99. The molecule has 6 heteroatoms. The van der Waals surface area contributed by atoms with Gasteiger partial charge in [-0.2, -0.15) is 13.0 Å². The maximum atomic E-state index is 10.7. The van der Waals surface area contributed by atoms with Crippen LogP contribution in [0, 0.1) is 13.8 Å². The Kier molecular flexibility index (Phi) is 3.70. The molecule has 0 aliphatic rings. The van der Waals surface area contributed by atoms with Crippen LogP contribution in [-0.4, -0.2) is 18.7 Å². The van der Waals surface area contributed by atoms with Gasteiger partial charge in [0.05, 0.1) is 5.75 Å². The molecule has 1 heterocycles. The van der Waals surface area contributed by atoms with Gasteiger partial charge in [-0.3, -0.25) is 4.55 Å². The number of aryl methyl sites for hydroxylation is 3. The molecule has 0 fully saturated rings. The average molecular weight is 286 g/mol. The Morgan fingerprint density at radius 3 is 2.61 bits per heavy atom. The highest BCUT2D eigenvalue weighted by Gasteiger charge is 2.14. The van der Waals surface area contributed by atoms with Gasteiger partial charge < -0.3 is 0 Å². The Morgan fingerprint density at radius 2 is 1.94 bits per heavy atom. The molecule has 18 heavy (non-hydrogen) atoms. The van der Waals surface area contributed by atoms with E-state index in [0.29, 0.717) is 13.0 Å². The van der Waals surface area contributed by atoms with Crippen LogP contribution >= 0.6 is 11.3 Å². The molecule has 4 nitrogen and oxygen atoms in total. The van der Waals surface area contributed by atoms with Crippen LogP contribution in [-0.2, 0) is 16.7 Å². The number of rotatable bonds is 4. The lowest BCUT2D eigenvalue weighted by molar-refractivity contribution is -0.667. The summed E-state index contributed by atoms with van der Waals surface area (Å²) in [5.41, 5.74) is 5.60. The second-order valence-electron chi connectivity index (χ2n) is 4.46. The Bertz CT molecular complexity index is 674. The number of aromatic nitrogens is 1. The molecule has 0 aliphatic heterocycles. The van der Waals surface area contributed by atoms with Crippen molar-refractivity contribution in [1.82, 2.24) is 0 Å². The molecule has 0 unspecified atom stereocenters. The van der Waals surface area contributed by atoms with Crippen molar-refractivity contribution in [3.8, 4) is 0 Å². The van der Waals surface area contributed by atoms with Gasteiger partial charge in [0.15, 0.2) is 6.54 Å². The molecule has 0 saturated heterocycles. The molecule has 0 aliphatic carbocycles. The molecule has 0 radical (unpaired) electrons. The highest BCUT2D eigenvalue weighted by atomic mass is 32.2. The number of fused-ring (bicyclic) bond motifs is 1. The fourth-order valence-corrected chi connectivity index (χ4v) is 3.36. The first kappa shape index (κ1) is 13.5. The second-order valence-corrected chi connectivity index (χ2v) is 6.92. The van der Waals surface area contributed by atoms with E-state index in [1.54, 1.807) is 11.3 Å². The maximum absolute atomic E-state index is 10.7. The monoisotopic (exact) mass is 286 g/mol. The van der Waals surface area contributed by atoms with E-state index in [9.17, 15) is 8.42 Å². The number of hydrogen-bond donors (Lipinski definition) is 1. The molecule has 1 N–H and O–H groups in total. The zero-order chi connectivity index (χ0) is 13.3. The minimum Gasteiger partial charge on any atom is -0.286 e. The summed E-state index contributed by atoms with van der Waals surface area (Å²) < 4.78 is 33.3. The minimum absolute atomic E-state index is 0.192. The molecule has 0 atom stereocenters. The second kappa shape index (κ2) is 4.95. The third kappa shape index (κ3) is 3.07. The zero-order valence-corrected chi connectivity index (χ0v) is 12.0. The summed E-state index contributed by atoms with van der Waals surface area (Å²) in [5.74, 6) is -0.192. The van der Waals surface area contributed by atoms with E-state index < -0.39 is 10.1 Å². The summed E-state index contributed by atoms with van der Waals surface area (Å²) >= 11 is 1.65. The Morgan fingerprint density at radius 1 is 1.28 bits per heavy atom. The summed E-state index contributed by atoms with van der Waals surface area (Å²) in [4.78, 5) is 0. The van der Waals surface area contributed by atoms with Gasteiger partial charge >= 0.3 is 0 Å². The summed E-state index contributed by atoms with van der Waals surface area (Å²) in [6.07, 6.45) is 0.419. The number of nitrogens with zero attached hydrogens (tertiary/aromatic N) is 1. The molecule has 2 rings (SSSR count). The predicted octanol–water partition coefficient (Wildman–Crippen LogP) is 2.08. The van der Waals surface area contributed by atoms with E-state index in [2.05, 4.69) is 26.0 Å². The van der Waals surface area contributed by atoms with Crippen molar-refractivity contribution in [1.29, 1.82) is 0 Å². The van der Waals surface area contributed by atoms with Crippen LogP contribution in [0.15, 0.2) is 17.6 Å². The quantitative estimate of drug-likeness (QED) is 0.691. The number of benzene rings is 1. The van der Waals surface area contributed by atoms with Crippen LogP contribution in [0.1, 0.15) is 17.5 Å². The molecular formula is C12H16NO3S2+. The molecule has 1 aromatic carbocycles. The first-order valence-electron chi connectivity index (χ1n) is 5.70. The lowest BCUT2D eigenvalue weighted by Gasteiger charge is -1.98. The van der Waals surface area contributed by atoms with Gasteiger partial charge in [-0.1, -0.05) is 11.3 Å². The van der Waals surface area contributed by atoms with Gasteiger partial charge in [-0.15, -0.1) is 0 Å². The van der Waals surface area contributed by atoms with Gasteiger partial charge in [-0.05, 0) is 31.0 Å². The lowest BCUT2D eigenvalue weighted by atomic mass is 10.1. The van der Waals surface area contributed by atoms with E-state index in [1.165, 1.54) is 15.8 Å². The molecule has 0 amide bonds. The Balaban J connectivity index is 2.22. The highest BCUT2D eigenvalue weighted by Crippen LogP contribution is 2.20. The van der Waals surface area contributed by atoms with Gasteiger partial charge in [0.2, 0.25) is 11.0 Å². The normalized spacial score (nSPS) is 12.2.